The summed E-state index contributed by atoms with van der Waals surface area (Å²) >= 11 is 0. The van der Waals surface area contributed by atoms with Gasteiger partial charge in [-0.2, -0.15) is 0 Å². The summed E-state index contributed by atoms with van der Waals surface area (Å²) in [5, 5.41) is 5.13. The van der Waals surface area contributed by atoms with Crippen LogP contribution in [0.5, 0.6) is 0 Å². The molecule has 0 bridgehead atoms. The maximum atomic E-state index is 2.39. The van der Waals surface area contributed by atoms with Gasteiger partial charge in [-0.05, 0) is 97.4 Å². The number of rotatable bonds is 5. The Balaban J connectivity index is 1.17. The van der Waals surface area contributed by atoms with Crippen LogP contribution in [0.1, 0.15) is 36.1 Å². The molecule has 7 aromatic rings. The summed E-state index contributed by atoms with van der Waals surface area (Å²) in [6.07, 6.45) is 4.47. The zero-order chi connectivity index (χ0) is 29.7. The van der Waals surface area contributed by atoms with Gasteiger partial charge >= 0.3 is 0 Å². The molecule has 0 N–H and O–H groups in total. The molecule has 0 heterocycles. The Morgan fingerprint density at radius 2 is 1.07 bits per heavy atom. The summed E-state index contributed by atoms with van der Waals surface area (Å²) in [4.78, 5) is 2.36. The summed E-state index contributed by atoms with van der Waals surface area (Å²) in [6.45, 7) is 4.68. The highest BCUT2D eigenvalue weighted by atomic mass is 15.1. The summed E-state index contributed by atoms with van der Waals surface area (Å²) in [5.41, 5.74) is 11.3. The van der Waals surface area contributed by atoms with Crippen molar-refractivity contribution in [2.45, 2.75) is 19.3 Å². The molecule has 0 atom stereocenters. The van der Waals surface area contributed by atoms with Gasteiger partial charge in [-0.1, -0.05) is 135 Å². The average Bonchev–Trinajstić information content (AvgIpc) is 3.31. The molecule has 0 aliphatic heterocycles. The van der Waals surface area contributed by atoms with Crippen LogP contribution in [0, 0.1) is 0 Å². The van der Waals surface area contributed by atoms with E-state index in [1.54, 1.807) is 0 Å². The van der Waals surface area contributed by atoms with Crippen molar-refractivity contribution in [1.29, 1.82) is 0 Å². The van der Waals surface area contributed by atoms with Gasteiger partial charge in [0, 0.05) is 22.5 Å². The normalized spacial score (nSPS) is 13.3. The first-order chi connectivity index (χ1) is 21.6. The Morgan fingerprint density at radius 1 is 0.455 bits per heavy atom. The number of hydrogen-bond donors (Lipinski definition) is 0. The van der Waals surface area contributed by atoms with E-state index in [0.29, 0.717) is 0 Å². The van der Waals surface area contributed by atoms with Crippen LogP contribution < -0.4 is 4.90 Å². The van der Waals surface area contributed by atoms with Gasteiger partial charge in [0.05, 0.1) is 0 Å². The number of benzene rings is 7. The molecule has 1 aliphatic rings. The largest absolute Gasteiger partial charge is 0.310 e. The van der Waals surface area contributed by atoms with Crippen LogP contribution in [0.2, 0.25) is 0 Å². The van der Waals surface area contributed by atoms with Crippen LogP contribution in [0.4, 0.5) is 17.1 Å². The van der Waals surface area contributed by atoms with E-state index >= 15 is 0 Å². The van der Waals surface area contributed by atoms with Gasteiger partial charge in [0.1, 0.15) is 0 Å². The van der Waals surface area contributed by atoms with E-state index in [4.69, 9.17) is 0 Å². The second-order valence-electron chi connectivity index (χ2n) is 12.2. The van der Waals surface area contributed by atoms with Crippen molar-refractivity contribution >= 4 is 50.8 Å². The second kappa shape index (κ2) is 10.4. The molecule has 0 saturated carbocycles. The van der Waals surface area contributed by atoms with E-state index in [1.165, 1.54) is 60.6 Å². The minimum Gasteiger partial charge on any atom is -0.310 e. The number of para-hydroxylation sites is 1. The van der Waals surface area contributed by atoms with Crippen LogP contribution in [-0.4, -0.2) is 0 Å². The molecule has 1 aliphatic carbocycles. The van der Waals surface area contributed by atoms with Gasteiger partial charge in [0.25, 0.3) is 0 Å². The maximum absolute atomic E-state index is 2.39. The Kier molecular flexibility index (Phi) is 6.20. The van der Waals surface area contributed by atoms with E-state index in [9.17, 15) is 0 Å². The zero-order valence-electron chi connectivity index (χ0n) is 25.0. The topological polar surface area (TPSA) is 3.24 Å². The summed E-state index contributed by atoms with van der Waals surface area (Å²) in [6, 6.07) is 55.0. The molecule has 0 saturated heterocycles. The van der Waals surface area contributed by atoms with Crippen LogP contribution in [0.15, 0.2) is 152 Å². The summed E-state index contributed by atoms with van der Waals surface area (Å²) in [5.74, 6) is 0. The highest BCUT2D eigenvalue weighted by Gasteiger charge is 2.35. The summed E-state index contributed by atoms with van der Waals surface area (Å²) in [7, 11) is 0. The molecule has 1 heteroatoms. The lowest BCUT2D eigenvalue weighted by Crippen LogP contribution is -2.16. The van der Waals surface area contributed by atoms with Crippen molar-refractivity contribution in [3.8, 4) is 11.1 Å². The third-order valence-electron chi connectivity index (χ3n) is 9.25. The van der Waals surface area contributed by atoms with Gasteiger partial charge < -0.3 is 4.90 Å². The molecule has 0 radical (unpaired) electrons. The lowest BCUT2D eigenvalue weighted by molar-refractivity contribution is 0.660. The van der Waals surface area contributed by atoms with Gasteiger partial charge in [0.15, 0.2) is 0 Å². The minimum atomic E-state index is -0.0497. The monoisotopic (exact) mass is 563 g/mol. The van der Waals surface area contributed by atoms with Crippen LogP contribution in [0.25, 0.3) is 44.8 Å². The van der Waals surface area contributed by atoms with Gasteiger partial charge in [0.2, 0.25) is 0 Å². The first kappa shape index (κ1) is 26.2. The second-order valence-corrected chi connectivity index (χ2v) is 12.2. The quantitative estimate of drug-likeness (QED) is 0.149. The van der Waals surface area contributed by atoms with E-state index in [-0.39, 0.29) is 5.41 Å². The fourth-order valence-electron chi connectivity index (χ4n) is 7.00. The molecule has 8 rings (SSSR count). The van der Waals surface area contributed by atoms with E-state index in [1.807, 2.05) is 0 Å². The lowest BCUT2D eigenvalue weighted by Gasteiger charge is -2.28. The third kappa shape index (κ3) is 4.32. The number of anilines is 3. The molecule has 7 aromatic carbocycles. The van der Waals surface area contributed by atoms with Crippen LogP contribution >= 0.6 is 0 Å². The predicted octanol–water partition coefficient (Wildman–Crippen LogP) is 11.9. The fourth-order valence-corrected chi connectivity index (χ4v) is 7.00. The highest BCUT2D eigenvalue weighted by molar-refractivity contribution is 6.11. The van der Waals surface area contributed by atoms with Crippen LogP contribution in [-0.2, 0) is 5.41 Å². The smallest absolute Gasteiger partial charge is 0.0465 e. The van der Waals surface area contributed by atoms with Gasteiger partial charge in [-0.3, -0.25) is 0 Å². The Labute approximate surface area is 259 Å². The molecular weight excluding hydrogens is 530 g/mol. The predicted molar refractivity (Wildman–Crippen MR) is 189 cm³/mol. The van der Waals surface area contributed by atoms with Crippen molar-refractivity contribution < 1.29 is 0 Å². The fraction of sp³-hybridized carbons (Fsp3) is 0.0698. The van der Waals surface area contributed by atoms with Crippen molar-refractivity contribution in [2.75, 3.05) is 4.90 Å². The number of hydrogen-bond acceptors (Lipinski definition) is 1. The zero-order valence-corrected chi connectivity index (χ0v) is 25.0. The molecule has 0 fully saturated rings. The van der Waals surface area contributed by atoms with E-state index in [0.717, 1.165) is 11.4 Å². The van der Waals surface area contributed by atoms with E-state index < -0.39 is 0 Å². The maximum Gasteiger partial charge on any atom is 0.0465 e. The Morgan fingerprint density at radius 3 is 1.89 bits per heavy atom. The van der Waals surface area contributed by atoms with Gasteiger partial charge in [-0.15, -0.1) is 0 Å². The van der Waals surface area contributed by atoms with Crippen molar-refractivity contribution in [2.24, 2.45) is 0 Å². The minimum absolute atomic E-state index is 0.0497. The lowest BCUT2D eigenvalue weighted by atomic mass is 9.82. The molecule has 0 unspecified atom stereocenters. The molecular formula is C43H33N. The standard InChI is InChI=1S/C43H33N/c1-43(2)41-19-11-10-18-39(41)40-27-26-35(29-42(40)43)44(33-13-4-3-5-14-33)34-24-21-30(22-25-34)20-23-32-28-31-12-6-7-15-36(31)38-17-9-8-16-37(32)38/h3-29H,1-2H3. The first-order valence-electron chi connectivity index (χ1n) is 15.4. The summed E-state index contributed by atoms with van der Waals surface area (Å²) < 4.78 is 0. The molecule has 44 heavy (non-hydrogen) atoms. The molecule has 210 valence electrons. The molecule has 1 nitrogen and oxygen atoms in total. The molecule has 0 aromatic heterocycles. The SMILES string of the molecule is CC1(C)c2ccccc2-c2ccc(N(c3ccccc3)c3ccc(C=Cc4cc5ccccc5c5ccccc45)cc3)cc21. The van der Waals surface area contributed by atoms with E-state index in [2.05, 4.69) is 183 Å². The first-order valence-corrected chi connectivity index (χ1v) is 15.4. The Bertz CT molecular complexity index is 2190. The van der Waals surface area contributed by atoms with Crippen molar-refractivity contribution in [1.82, 2.24) is 0 Å². The van der Waals surface area contributed by atoms with Crippen molar-refractivity contribution in [3.05, 3.63) is 174 Å². The third-order valence-corrected chi connectivity index (χ3v) is 9.25. The highest BCUT2D eigenvalue weighted by Crippen LogP contribution is 2.50. The molecule has 0 spiro atoms. The number of nitrogens with zero attached hydrogens (tertiary/aromatic N) is 1. The number of fused-ring (bicyclic) bond motifs is 6. The van der Waals surface area contributed by atoms with Crippen molar-refractivity contribution in [3.63, 3.8) is 0 Å². The Hall–Kier alpha value is -5.40. The average molecular weight is 564 g/mol. The van der Waals surface area contributed by atoms with Crippen LogP contribution in [0.3, 0.4) is 0 Å². The van der Waals surface area contributed by atoms with Gasteiger partial charge in [-0.25, -0.2) is 0 Å². The molecule has 0 amide bonds.